The second-order valence-corrected chi connectivity index (χ2v) is 9.54. The van der Waals surface area contributed by atoms with Crippen LogP contribution in [0, 0.1) is 23.5 Å². The lowest BCUT2D eigenvalue weighted by molar-refractivity contribution is 0.0512. The first kappa shape index (κ1) is 24.6. The van der Waals surface area contributed by atoms with E-state index < -0.39 is 23.3 Å². The quantitative estimate of drug-likeness (QED) is 0.631. The molecule has 0 saturated heterocycles. The molecule has 0 unspecified atom stereocenters. The van der Waals surface area contributed by atoms with Crippen LogP contribution < -0.4 is 10.6 Å². The van der Waals surface area contributed by atoms with Crippen molar-refractivity contribution in [1.29, 1.82) is 0 Å². The van der Waals surface area contributed by atoms with Gasteiger partial charge in [0.05, 0.1) is 5.69 Å². The van der Waals surface area contributed by atoms with Crippen molar-refractivity contribution >= 4 is 12.0 Å². The molecule has 2 aromatic rings. The lowest BCUT2D eigenvalue weighted by Gasteiger charge is -2.29. The number of hydrogen-bond acceptors (Lipinski definition) is 4. The molecule has 0 radical (unpaired) electrons. The summed E-state index contributed by atoms with van der Waals surface area (Å²) < 4.78 is 32.0. The Balaban J connectivity index is 1.44. The fourth-order valence-corrected chi connectivity index (χ4v) is 3.91. The van der Waals surface area contributed by atoms with Crippen molar-refractivity contribution in [3.63, 3.8) is 0 Å². The normalized spacial score (nSPS) is 18.5. The van der Waals surface area contributed by atoms with E-state index in [0.29, 0.717) is 41.7 Å². The number of benzene rings is 1. The zero-order chi connectivity index (χ0) is 24.0. The number of amides is 2. The van der Waals surface area contributed by atoms with Gasteiger partial charge in [0, 0.05) is 30.4 Å². The van der Waals surface area contributed by atoms with Crippen LogP contribution in [-0.4, -0.2) is 35.7 Å². The molecule has 1 aromatic carbocycles. The molecule has 3 rings (SSSR count). The number of halogens is 2. The number of carbonyl (C=O) groups excluding carboxylic acids is 2. The van der Waals surface area contributed by atoms with Crippen LogP contribution in [-0.2, 0) is 4.74 Å². The van der Waals surface area contributed by atoms with Gasteiger partial charge in [-0.05, 0) is 88.6 Å². The van der Waals surface area contributed by atoms with Crippen molar-refractivity contribution < 1.29 is 23.1 Å². The van der Waals surface area contributed by atoms with Crippen molar-refractivity contribution in [2.75, 3.05) is 13.1 Å². The van der Waals surface area contributed by atoms with Gasteiger partial charge in [0.2, 0.25) is 0 Å². The monoisotopic (exact) mass is 459 g/mol. The number of ether oxygens (including phenoxy) is 1. The maximum atomic E-state index is 13.5. The number of alkyl carbamates (subject to hydrolysis) is 1. The number of hydrogen-bond donors (Lipinski definition) is 2. The van der Waals surface area contributed by atoms with Gasteiger partial charge >= 0.3 is 6.09 Å². The molecule has 0 atom stereocenters. The summed E-state index contributed by atoms with van der Waals surface area (Å²) in [4.78, 5) is 28.6. The molecular formula is C25H31F2N3O3. The number of nitrogens with one attached hydrogen (secondary N) is 2. The van der Waals surface area contributed by atoms with E-state index >= 15 is 0 Å². The Bertz CT molecular complexity index is 983. The average Bonchev–Trinajstić information content (AvgIpc) is 2.77. The molecule has 178 valence electrons. The highest BCUT2D eigenvalue weighted by molar-refractivity contribution is 5.95. The van der Waals surface area contributed by atoms with Gasteiger partial charge in [0.25, 0.3) is 5.91 Å². The van der Waals surface area contributed by atoms with Crippen LogP contribution in [0.4, 0.5) is 13.6 Å². The number of pyridine rings is 1. The van der Waals surface area contributed by atoms with Crippen molar-refractivity contribution in [2.45, 2.75) is 52.1 Å². The van der Waals surface area contributed by atoms with Crippen molar-refractivity contribution in [3.8, 4) is 11.3 Å². The van der Waals surface area contributed by atoms with Crippen LogP contribution in [0.2, 0.25) is 0 Å². The first-order chi connectivity index (χ1) is 15.6. The number of rotatable bonds is 6. The van der Waals surface area contributed by atoms with Gasteiger partial charge in [0.1, 0.15) is 5.60 Å². The summed E-state index contributed by atoms with van der Waals surface area (Å²) in [6, 6.07) is 6.70. The predicted octanol–water partition coefficient (Wildman–Crippen LogP) is 5.09. The van der Waals surface area contributed by atoms with E-state index in [-0.39, 0.29) is 5.91 Å². The molecule has 8 heteroatoms. The summed E-state index contributed by atoms with van der Waals surface area (Å²) in [7, 11) is 0. The molecule has 1 heterocycles. The van der Waals surface area contributed by atoms with Crippen LogP contribution in [0.1, 0.15) is 56.8 Å². The second-order valence-electron chi connectivity index (χ2n) is 9.54. The highest BCUT2D eigenvalue weighted by Gasteiger charge is 2.23. The van der Waals surface area contributed by atoms with Crippen LogP contribution >= 0.6 is 0 Å². The molecule has 2 amide bonds. The van der Waals surface area contributed by atoms with Gasteiger partial charge in [-0.25, -0.2) is 13.6 Å². The van der Waals surface area contributed by atoms with Crippen LogP contribution in [0.25, 0.3) is 11.3 Å². The van der Waals surface area contributed by atoms with E-state index in [4.69, 9.17) is 4.74 Å². The summed E-state index contributed by atoms with van der Waals surface area (Å²) in [6.07, 6.45) is 4.98. The molecule has 2 N–H and O–H groups in total. The highest BCUT2D eigenvalue weighted by Crippen LogP contribution is 2.28. The standard InChI is InChI=1S/C25H31F2N3O3/c1-25(2,3)33-24(32)30-15-17-6-4-16(5-7-17)14-29-23(31)19-10-11-28-22(13-19)18-8-9-20(26)21(27)12-18/h8-13,16-17H,4-7,14-15H2,1-3H3,(H,29,31)(H,30,32)/t16-,17-. The fraction of sp³-hybridized carbons (Fsp3) is 0.480. The predicted molar refractivity (Wildman–Crippen MR) is 122 cm³/mol. The minimum Gasteiger partial charge on any atom is -0.444 e. The molecule has 0 aliphatic heterocycles. The highest BCUT2D eigenvalue weighted by atomic mass is 19.2. The summed E-state index contributed by atoms with van der Waals surface area (Å²) in [5.41, 5.74) is 0.714. The topological polar surface area (TPSA) is 80.3 Å². The van der Waals surface area contributed by atoms with E-state index in [1.165, 1.54) is 12.3 Å². The lowest BCUT2D eigenvalue weighted by Crippen LogP contribution is -2.37. The van der Waals surface area contributed by atoms with Gasteiger partial charge in [0.15, 0.2) is 11.6 Å². The first-order valence-electron chi connectivity index (χ1n) is 11.3. The van der Waals surface area contributed by atoms with Crippen molar-refractivity contribution in [3.05, 3.63) is 53.7 Å². The zero-order valence-electron chi connectivity index (χ0n) is 19.3. The maximum absolute atomic E-state index is 13.5. The van der Waals surface area contributed by atoms with Crippen LogP contribution in [0.5, 0.6) is 0 Å². The molecule has 33 heavy (non-hydrogen) atoms. The summed E-state index contributed by atoms with van der Waals surface area (Å²) in [5.74, 6) is -1.33. The Labute approximate surface area is 193 Å². The zero-order valence-corrected chi connectivity index (χ0v) is 19.3. The Morgan fingerprint density at radius 3 is 2.21 bits per heavy atom. The summed E-state index contributed by atoms with van der Waals surface area (Å²) >= 11 is 0. The van der Waals surface area contributed by atoms with Gasteiger partial charge in [-0.1, -0.05) is 0 Å². The van der Waals surface area contributed by atoms with E-state index in [0.717, 1.165) is 37.8 Å². The third-order valence-corrected chi connectivity index (χ3v) is 5.69. The molecule has 1 aromatic heterocycles. The van der Waals surface area contributed by atoms with E-state index in [1.54, 1.807) is 12.1 Å². The SMILES string of the molecule is CC(C)(C)OC(=O)NC[C@H]1CC[C@H](CNC(=O)c2ccnc(-c3ccc(F)c(F)c3)c2)CC1. The fourth-order valence-electron chi connectivity index (χ4n) is 3.91. The van der Waals surface area contributed by atoms with Crippen molar-refractivity contribution in [2.24, 2.45) is 11.8 Å². The minimum atomic E-state index is -0.957. The molecule has 1 aliphatic rings. The Morgan fingerprint density at radius 2 is 1.61 bits per heavy atom. The maximum Gasteiger partial charge on any atom is 0.407 e. The number of nitrogens with zero attached hydrogens (tertiary/aromatic N) is 1. The first-order valence-corrected chi connectivity index (χ1v) is 11.3. The van der Waals surface area contributed by atoms with E-state index in [2.05, 4.69) is 15.6 Å². The molecule has 1 fully saturated rings. The molecule has 0 spiro atoms. The lowest BCUT2D eigenvalue weighted by atomic mass is 9.82. The molecule has 0 bridgehead atoms. The summed E-state index contributed by atoms with van der Waals surface area (Å²) in [5, 5.41) is 5.81. The molecule has 1 saturated carbocycles. The van der Waals surface area contributed by atoms with Crippen LogP contribution in [0.15, 0.2) is 36.5 Å². The minimum absolute atomic E-state index is 0.227. The van der Waals surface area contributed by atoms with Gasteiger partial charge in [-0.2, -0.15) is 0 Å². The van der Waals surface area contributed by atoms with Gasteiger partial charge < -0.3 is 15.4 Å². The third kappa shape index (κ3) is 7.51. The Morgan fingerprint density at radius 1 is 0.970 bits per heavy atom. The van der Waals surface area contributed by atoms with Gasteiger partial charge in [-0.3, -0.25) is 9.78 Å². The molecule has 6 nitrogen and oxygen atoms in total. The second kappa shape index (κ2) is 10.7. The van der Waals surface area contributed by atoms with E-state index in [1.807, 2.05) is 20.8 Å². The number of carbonyl (C=O) groups is 2. The Hall–Kier alpha value is -3.03. The largest absolute Gasteiger partial charge is 0.444 e. The van der Waals surface area contributed by atoms with Gasteiger partial charge in [-0.15, -0.1) is 0 Å². The Kier molecular flexibility index (Phi) is 8.00. The summed E-state index contributed by atoms with van der Waals surface area (Å²) in [6.45, 7) is 6.66. The molecular weight excluding hydrogens is 428 g/mol. The smallest absolute Gasteiger partial charge is 0.407 e. The van der Waals surface area contributed by atoms with E-state index in [9.17, 15) is 18.4 Å². The average molecular weight is 460 g/mol. The third-order valence-electron chi connectivity index (χ3n) is 5.69. The molecule has 1 aliphatic carbocycles. The number of aromatic nitrogens is 1. The van der Waals surface area contributed by atoms with Crippen LogP contribution in [0.3, 0.4) is 0 Å². The van der Waals surface area contributed by atoms with Crippen molar-refractivity contribution in [1.82, 2.24) is 15.6 Å².